The second kappa shape index (κ2) is 12.5. The van der Waals surface area contributed by atoms with Gasteiger partial charge in [-0.3, -0.25) is 4.79 Å². The second-order valence-electron chi connectivity index (χ2n) is 13.0. The van der Waals surface area contributed by atoms with Crippen LogP contribution in [0.2, 0.25) is 5.02 Å². The Morgan fingerprint density at radius 3 is 2.64 bits per heavy atom. The zero-order valence-corrected chi connectivity index (χ0v) is 26.5. The summed E-state index contributed by atoms with van der Waals surface area (Å²) in [5, 5.41) is 12.5. The third-order valence-electron chi connectivity index (χ3n) is 9.98. The lowest BCUT2D eigenvalue weighted by molar-refractivity contribution is -0.128. The van der Waals surface area contributed by atoms with Crippen LogP contribution in [0.5, 0.6) is 6.01 Å². The SMILES string of the molecule is C=CC(=O)N1CCN(c2nc(OCC3(CN4CCCC4)CC3)nc3c2CCN(c2cccc4cccc(Cl)c24)C3)C[C@@H]1CC#N. The van der Waals surface area contributed by atoms with Crippen molar-refractivity contribution in [3.8, 4) is 12.1 Å². The van der Waals surface area contributed by atoms with E-state index in [0.29, 0.717) is 38.8 Å². The average Bonchev–Trinajstić information content (AvgIpc) is 3.64. The summed E-state index contributed by atoms with van der Waals surface area (Å²) in [6.07, 6.45) is 7.26. The number of hydrogen-bond donors (Lipinski definition) is 0. The topological polar surface area (TPSA) is 88.8 Å². The van der Waals surface area contributed by atoms with Crippen molar-refractivity contribution >= 4 is 39.8 Å². The fourth-order valence-corrected chi connectivity index (χ4v) is 7.63. The predicted molar refractivity (Wildman–Crippen MR) is 177 cm³/mol. The summed E-state index contributed by atoms with van der Waals surface area (Å²) in [5.74, 6) is 0.726. The number of fused-ring (bicyclic) bond motifs is 2. The first kappa shape index (κ1) is 29.8. The van der Waals surface area contributed by atoms with Crippen LogP contribution in [0.1, 0.15) is 43.4 Å². The molecule has 1 saturated carbocycles. The van der Waals surface area contributed by atoms with Gasteiger partial charge in [0.25, 0.3) is 0 Å². The highest BCUT2D eigenvalue weighted by Crippen LogP contribution is 2.47. The fourth-order valence-electron chi connectivity index (χ4n) is 7.35. The minimum absolute atomic E-state index is 0.138. The molecule has 1 aliphatic carbocycles. The monoisotopic (exact) mass is 625 g/mol. The predicted octanol–water partition coefficient (Wildman–Crippen LogP) is 5.22. The third kappa shape index (κ3) is 6.06. The van der Waals surface area contributed by atoms with Crippen molar-refractivity contribution in [1.29, 1.82) is 5.26 Å². The number of hydrogen-bond acceptors (Lipinski definition) is 8. The molecule has 7 rings (SSSR count). The number of aromatic nitrogens is 2. The van der Waals surface area contributed by atoms with E-state index in [9.17, 15) is 10.1 Å². The molecular weight excluding hydrogens is 586 g/mol. The summed E-state index contributed by atoms with van der Waals surface area (Å²) in [4.78, 5) is 31.6. The normalized spacial score (nSPS) is 21.0. The molecule has 1 atom stereocenters. The van der Waals surface area contributed by atoms with Crippen LogP contribution in [-0.2, 0) is 17.8 Å². The number of carbonyl (C=O) groups is 1. The lowest BCUT2D eigenvalue weighted by Crippen LogP contribution is -2.55. The number of nitrogens with zero attached hydrogens (tertiary/aromatic N) is 7. The van der Waals surface area contributed by atoms with Crippen LogP contribution in [0, 0.1) is 16.7 Å². The van der Waals surface area contributed by atoms with Crippen molar-refractivity contribution in [1.82, 2.24) is 19.8 Å². The van der Waals surface area contributed by atoms with Crippen molar-refractivity contribution in [2.45, 2.75) is 51.1 Å². The van der Waals surface area contributed by atoms with E-state index in [-0.39, 0.29) is 23.8 Å². The molecule has 2 aromatic carbocycles. The minimum atomic E-state index is -0.239. The number of nitriles is 1. The molecule has 4 aliphatic rings. The number of anilines is 2. The lowest BCUT2D eigenvalue weighted by atomic mass is 10.0. The van der Waals surface area contributed by atoms with Crippen LogP contribution in [0.15, 0.2) is 49.1 Å². The molecule has 1 amide bonds. The van der Waals surface area contributed by atoms with Gasteiger partial charge in [-0.1, -0.05) is 42.4 Å². The van der Waals surface area contributed by atoms with Gasteiger partial charge in [-0.05, 0) is 68.8 Å². The Bertz CT molecular complexity index is 1640. The summed E-state index contributed by atoms with van der Waals surface area (Å²) in [7, 11) is 0. The van der Waals surface area contributed by atoms with Crippen molar-refractivity contribution in [3.63, 3.8) is 0 Å². The van der Waals surface area contributed by atoms with Crippen molar-refractivity contribution in [2.24, 2.45) is 5.41 Å². The lowest BCUT2D eigenvalue weighted by Gasteiger charge is -2.42. The number of amides is 1. The van der Waals surface area contributed by atoms with Gasteiger partial charge in [0.2, 0.25) is 5.91 Å². The summed E-state index contributed by atoms with van der Waals surface area (Å²) in [6, 6.07) is 14.8. The first-order valence-electron chi connectivity index (χ1n) is 16.2. The Morgan fingerprint density at radius 1 is 1.09 bits per heavy atom. The van der Waals surface area contributed by atoms with Gasteiger partial charge in [0, 0.05) is 54.8 Å². The molecule has 3 fully saturated rings. The van der Waals surface area contributed by atoms with E-state index in [1.807, 2.05) is 12.1 Å². The van der Waals surface area contributed by atoms with E-state index in [0.717, 1.165) is 58.1 Å². The summed E-state index contributed by atoms with van der Waals surface area (Å²) in [6.45, 7) is 10.8. The van der Waals surface area contributed by atoms with Crippen molar-refractivity contribution < 1.29 is 9.53 Å². The minimum Gasteiger partial charge on any atom is -0.463 e. The largest absolute Gasteiger partial charge is 0.463 e. The summed E-state index contributed by atoms with van der Waals surface area (Å²) in [5.41, 5.74) is 3.35. The number of piperazine rings is 1. The molecule has 0 bridgehead atoms. The Hall–Kier alpha value is -3.87. The molecule has 10 heteroatoms. The molecule has 4 heterocycles. The van der Waals surface area contributed by atoms with E-state index in [1.165, 1.54) is 44.8 Å². The smallest absolute Gasteiger partial charge is 0.318 e. The van der Waals surface area contributed by atoms with Gasteiger partial charge in [-0.15, -0.1) is 0 Å². The Balaban J connectivity index is 1.20. The zero-order valence-electron chi connectivity index (χ0n) is 25.8. The number of halogens is 1. The molecule has 0 radical (unpaired) electrons. The van der Waals surface area contributed by atoms with Gasteiger partial charge in [0.1, 0.15) is 5.82 Å². The fraction of sp³-hybridized carbons (Fsp3) is 0.486. The number of rotatable bonds is 9. The van der Waals surface area contributed by atoms with Crippen LogP contribution in [-0.4, -0.2) is 84.1 Å². The Kier molecular flexibility index (Phi) is 8.28. The highest BCUT2D eigenvalue weighted by Gasteiger charge is 2.45. The maximum atomic E-state index is 12.6. The molecule has 3 aliphatic heterocycles. The summed E-state index contributed by atoms with van der Waals surface area (Å²) >= 11 is 6.73. The van der Waals surface area contributed by atoms with Gasteiger partial charge < -0.3 is 24.3 Å². The number of ether oxygens (including phenoxy) is 1. The van der Waals surface area contributed by atoms with Gasteiger partial charge in [-0.25, -0.2) is 0 Å². The van der Waals surface area contributed by atoms with E-state index in [2.05, 4.69) is 51.6 Å². The quantitative estimate of drug-likeness (QED) is 0.299. The maximum Gasteiger partial charge on any atom is 0.318 e. The number of likely N-dealkylation sites (tertiary alicyclic amines) is 1. The molecule has 2 saturated heterocycles. The second-order valence-corrected chi connectivity index (χ2v) is 13.4. The van der Waals surface area contributed by atoms with E-state index in [1.54, 1.807) is 4.90 Å². The number of benzene rings is 2. The highest BCUT2D eigenvalue weighted by atomic mass is 35.5. The molecule has 234 valence electrons. The van der Waals surface area contributed by atoms with Gasteiger partial charge >= 0.3 is 6.01 Å². The Labute approximate surface area is 270 Å². The number of carbonyl (C=O) groups excluding carboxylic acids is 1. The highest BCUT2D eigenvalue weighted by molar-refractivity contribution is 6.36. The molecule has 9 nitrogen and oxygen atoms in total. The third-order valence-corrected chi connectivity index (χ3v) is 10.3. The first-order valence-corrected chi connectivity index (χ1v) is 16.6. The van der Waals surface area contributed by atoms with Crippen molar-refractivity contribution in [3.05, 3.63) is 65.3 Å². The standard InChI is InChI=1S/C35H40ClN7O2/c1-2-31(44)43-20-19-42(21-26(43)11-15-37)33-27-12-18-41(30-10-6-8-25-7-5-9-28(36)32(25)30)22-29(27)38-34(39-33)45-24-35(13-14-35)23-40-16-3-4-17-40/h2,5-10,26H,1,3-4,11-14,16-24H2/t26-/m0/s1. The van der Waals surface area contributed by atoms with Crippen LogP contribution in [0.4, 0.5) is 11.5 Å². The van der Waals surface area contributed by atoms with Crippen molar-refractivity contribution in [2.75, 3.05) is 62.2 Å². The molecule has 0 unspecified atom stereocenters. The summed E-state index contributed by atoms with van der Waals surface area (Å²) < 4.78 is 6.48. The average molecular weight is 626 g/mol. The molecule has 0 N–H and O–H groups in total. The molecule has 1 aromatic heterocycles. The van der Waals surface area contributed by atoms with Gasteiger partial charge in [-0.2, -0.15) is 15.2 Å². The van der Waals surface area contributed by atoms with E-state index >= 15 is 0 Å². The van der Waals surface area contributed by atoms with Gasteiger partial charge in [0.05, 0.1) is 42.4 Å². The molecule has 0 spiro atoms. The Morgan fingerprint density at radius 2 is 1.89 bits per heavy atom. The van der Waals surface area contributed by atoms with E-state index in [4.69, 9.17) is 26.3 Å². The maximum absolute atomic E-state index is 12.6. The van der Waals surface area contributed by atoms with Gasteiger partial charge in [0.15, 0.2) is 0 Å². The molecule has 45 heavy (non-hydrogen) atoms. The zero-order chi connectivity index (χ0) is 31.0. The van der Waals surface area contributed by atoms with Crippen LogP contribution >= 0.6 is 11.6 Å². The van der Waals surface area contributed by atoms with Crippen LogP contribution in [0.25, 0.3) is 10.8 Å². The molecular formula is C35H40ClN7O2. The first-order chi connectivity index (χ1) is 22.0. The van der Waals surface area contributed by atoms with Crippen LogP contribution < -0.4 is 14.5 Å². The van der Waals surface area contributed by atoms with Crippen LogP contribution in [0.3, 0.4) is 0 Å². The molecule has 3 aromatic rings. The van der Waals surface area contributed by atoms with E-state index < -0.39 is 0 Å².